The molecule has 718 valence electrons. The first kappa shape index (κ1) is 102. The molecule has 3 aromatic heterocycles. The van der Waals surface area contributed by atoms with E-state index in [0.717, 1.165) is 32.7 Å². The van der Waals surface area contributed by atoms with Crippen molar-refractivity contribution in [3.8, 4) is 11.1 Å². The average molecular weight is 1880 g/mol. The largest absolute Gasteiger partial charge is 0.394 e. The molecule has 0 radical (unpaired) electrons. The van der Waals surface area contributed by atoms with E-state index in [1.54, 1.807) is 129 Å². The lowest BCUT2D eigenvalue weighted by atomic mass is 9.99. The normalized spacial score (nSPS) is 22.9. The summed E-state index contributed by atoms with van der Waals surface area (Å²) in [5, 5.41) is 56.7. The molecule has 2 aliphatic rings. The minimum Gasteiger partial charge on any atom is -0.394 e. The van der Waals surface area contributed by atoms with Crippen LogP contribution in [-0.4, -0.2) is 271 Å². The monoisotopic (exact) mass is 1880 g/mol. The lowest BCUT2D eigenvalue weighted by Crippen LogP contribution is -2.61. The van der Waals surface area contributed by atoms with Crippen LogP contribution in [0.25, 0.3) is 32.9 Å². The second kappa shape index (κ2) is 49.4. The van der Waals surface area contributed by atoms with E-state index in [2.05, 4.69) is 94.4 Å². The van der Waals surface area contributed by atoms with E-state index in [1.165, 1.54) is 33.4 Å². The zero-order valence-corrected chi connectivity index (χ0v) is 76.0. The van der Waals surface area contributed by atoms with Gasteiger partial charge in [-0.3, -0.25) is 86.9 Å². The molecule has 10 rings (SSSR count). The number of aromatic amines is 3. The number of aliphatic hydroxyl groups excluding tert-OH is 1. The highest BCUT2D eigenvalue weighted by Gasteiger charge is 2.43. The number of carbonyl (C=O) groups is 17. The number of hydrogen-bond acceptors (Lipinski definition) is 21. The summed E-state index contributed by atoms with van der Waals surface area (Å²) in [6, 6.07) is 18.4. The van der Waals surface area contributed by atoms with E-state index in [9.17, 15) is 67.4 Å². The number of rotatable bonds is 23. The van der Waals surface area contributed by atoms with Crippen LogP contribution >= 0.6 is 11.8 Å². The molecule has 2 saturated heterocycles. The predicted octanol–water partition coefficient (Wildman–Crippen LogP) is -2.62. The van der Waals surface area contributed by atoms with E-state index in [0.29, 0.717) is 49.8 Å². The van der Waals surface area contributed by atoms with Crippen molar-refractivity contribution in [2.45, 2.75) is 177 Å². The van der Waals surface area contributed by atoms with Crippen LogP contribution in [0.1, 0.15) is 94.2 Å². The van der Waals surface area contributed by atoms with Gasteiger partial charge >= 0.3 is 0 Å². The van der Waals surface area contributed by atoms with Gasteiger partial charge in [0.25, 0.3) is 0 Å². The first-order chi connectivity index (χ1) is 64.6. The van der Waals surface area contributed by atoms with Gasteiger partial charge in [-0.15, -0.1) is 11.8 Å². The van der Waals surface area contributed by atoms with Crippen molar-refractivity contribution in [2.24, 2.45) is 23.1 Å². The Balaban J connectivity index is 0.994. The Hall–Kier alpha value is -15.0. The van der Waals surface area contributed by atoms with Crippen molar-refractivity contribution in [1.29, 1.82) is 5.41 Å². The summed E-state index contributed by atoms with van der Waals surface area (Å²) >= 11 is 0.770. The van der Waals surface area contributed by atoms with Gasteiger partial charge in [0.15, 0.2) is 5.96 Å². The Labute approximate surface area is 781 Å². The van der Waals surface area contributed by atoms with Gasteiger partial charge in [-0.1, -0.05) is 135 Å². The summed E-state index contributed by atoms with van der Waals surface area (Å²) in [5.41, 5.74) is 22.0. The molecular weight excluding hydrogens is 1760 g/mol. The molecule has 8 aromatic rings. The molecule has 43 heteroatoms. The first-order valence-corrected chi connectivity index (χ1v) is 45.3. The molecule has 2 aliphatic heterocycles. The summed E-state index contributed by atoms with van der Waals surface area (Å²) in [5.74, 6) is -18.1. The van der Waals surface area contributed by atoms with Crippen LogP contribution in [0, 0.1) is 11.3 Å². The summed E-state index contributed by atoms with van der Waals surface area (Å²) in [6.45, 7) is 3.30. The fraction of sp³-hybridized carbons (Fsp3) is 0.402. The number of fused-ring (bicyclic) bond motifs is 3. The van der Waals surface area contributed by atoms with Crippen LogP contribution < -0.4 is 91.6 Å². The summed E-state index contributed by atoms with van der Waals surface area (Å²) in [7, 11) is 1.26. The van der Waals surface area contributed by atoms with Crippen molar-refractivity contribution in [3.05, 3.63) is 186 Å². The third kappa shape index (κ3) is 30.0. The molecule has 0 saturated carbocycles. The number of carbonyl (C=O) groups excluding carboxylic acids is 17. The number of aliphatic hydroxyl groups is 1. The number of primary amides is 2. The van der Waals surface area contributed by atoms with Crippen LogP contribution in [0.3, 0.4) is 0 Å². The Morgan fingerprint density at radius 3 is 1.64 bits per heavy atom. The molecule has 135 heavy (non-hydrogen) atoms. The maximum absolute atomic E-state index is 15.6. The second-order valence-electron chi connectivity index (χ2n) is 33.5. The number of benzene rings is 5. The Morgan fingerprint density at radius 1 is 0.519 bits per heavy atom. The van der Waals surface area contributed by atoms with E-state index in [1.807, 2.05) is 30.3 Å². The van der Waals surface area contributed by atoms with Gasteiger partial charge in [0.2, 0.25) is 100 Å². The summed E-state index contributed by atoms with van der Waals surface area (Å²) < 4.78 is 0. The fourth-order valence-electron chi connectivity index (χ4n) is 15.6. The van der Waals surface area contributed by atoms with E-state index >= 15 is 19.2 Å². The lowest BCUT2D eigenvalue weighted by Gasteiger charge is -2.31. The van der Waals surface area contributed by atoms with Crippen LogP contribution in [-0.2, 0) is 114 Å². The zero-order valence-electron chi connectivity index (χ0n) is 75.2. The smallest absolute Gasteiger partial charge is 0.246 e. The molecule has 0 bridgehead atoms. The molecule has 5 heterocycles. The predicted molar refractivity (Wildman–Crippen MR) is 498 cm³/mol. The number of amides is 17. The first-order valence-electron chi connectivity index (χ1n) is 44.1. The van der Waals surface area contributed by atoms with Crippen molar-refractivity contribution in [3.63, 3.8) is 0 Å². The van der Waals surface area contributed by atoms with Crippen LogP contribution in [0.2, 0.25) is 0 Å². The van der Waals surface area contributed by atoms with Crippen molar-refractivity contribution >= 4 is 140 Å². The number of imidazole rings is 1. The van der Waals surface area contributed by atoms with Gasteiger partial charge < -0.3 is 121 Å². The number of thioether (sulfide) groups is 1. The third-order valence-corrected chi connectivity index (χ3v) is 23.9. The Bertz CT molecular complexity index is 5570. The number of likely N-dealkylation sites (N-methyl/N-ethyl adjacent to an activating group) is 1. The molecular formula is C92H116N24O18S. The highest BCUT2D eigenvalue weighted by Crippen LogP contribution is 2.26. The number of hydrogen-bond donors (Lipinski definition) is 22. The van der Waals surface area contributed by atoms with Crippen molar-refractivity contribution in [1.82, 2.24) is 104 Å². The van der Waals surface area contributed by atoms with Crippen LogP contribution in [0.4, 0.5) is 0 Å². The number of nitrogens with one attached hydrogen (secondary N) is 18. The van der Waals surface area contributed by atoms with Gasteiger partial charge in [-0.05, 0) is 97.4 Å². The van der Waals surface area contributed by atoms with Gasteiger partial charge in [0.1, 0.15) is 78.5 Å². The zero-order chi connectivity index (χ0) is 97.5. The maximum atomic E-state index is 15.6. The van der Waals surface area contributed by atoms with Crippen LogP contribution in [0.15, 0.2) is 158 Å². The van der Waals surface area contributed by atoms with E-state index in [-0.39, 0.29) is 83.2 Å². The van der Waals surface area contributed by atoms with Crippen molar-refractivity contribution in [2.75, 3.05) is 51.3 Å². The molecule has 25 N–H and O–H groups in total. The molecule has 42 nitrogen and oxygen atoms in total. The van der Waals surface area contributed by atoms with Gasteiger partial charge in [0, 0.05) is 104 Å². The quantitative estimate of drug-likeness (QED) is 0.0177. The number of nitrogens with two attached hydrogens (primary N) is 3. The maximum Gasteiger partial charge on any atom is 0.246 e. The Kier molecular flexibility index (Phi) is 37.4. The minimum absolute atomic E-state index is 0.00682. The van der Waals surface area contributed by atoms with E-state index in [4.69, 9.17) is 22.6 Å². The Morgan fingerprint density at radius 2 is 1.04 bits per heavy atom. The topological polar surface area (TPSA) is 647 Å². The number of aromatic nitrogens is 4. The highest BCUT2D eigenvalue weighted by atomic mass is 32.2. The number of guanidine groups is 1. The number of H-pyrrole nitrogens is 3. The van der Waals surface area contributed by atoms with Crippen LogP contribution in [0.5, 0.6) is 0 Å². The summed E-state index contributed by atoms with van der Waals surface area (Å²) in [6.07, 6.45) is 3.77. The molecule has 2 fully saturated rings. The third-order valence-electron chi connectivity index (χ3n) is 22.8. The minimum atomic E-state index is -1.89. The molecule has 13 atom stereocenters. The second-order valence-corrected chi connectivity index (χ2v) is 34.6. The number of para-hydroxylation sites is 2. The van der Waals surface area contributed by atoms with E-state index < -0.39 is 223 Å². The molecule has 11 unspecified atom stereocenters. The lowest BCUT2D eigenvalue weighted by molar-refractivity contribution is -0.143. The SMILES string of the molecule is CC(C)CC1NC(=O)C(Cc2cnc[nH]2)NC(=O)C2CCCN2C(=O)C(CC(N)=O)NC(=O)C(C)NC(=O)C(Cc2ccccc2)NC(=O)CSC[C@@H](C(=O)NCC(N)=O)NC(=O)C(CCCNC(=N)N)NC(=O)C(C)N(C)C(=O)C(Cc2ccc(-c3ccccc3)cc2)NC(=O)C(Cc2c[nH]c3ccccc23)NC(=O)[C@H](CO)NC(=O)C(Cc2c[nH]c3ccccc23)NC(=O)CNC1=O. The van der Waals surface area contributed by atoms with Crippen molar-refractivity contribution < 1.29 is 86.6 Å². The standard InChI is InChI=1S/C92H116N24O18S/c1-50(2)34-65-81(124)102-45-77(120)105-67(37-57-41-99-62-24-14-12-22-60(57)62)85(128)113-72(46-117)88(131)109-68(38-58-42-100-63-25-15-13-23-61(58)63)86(129)112-70(36-54-28-30-56(31-29-54)55-20-10-7-11-21-55)90(133)115(5)52(4)80(123)107-64(26-16-32-98-92(95)96)83(126)114-73(82(125)101-44-76(94)119)47-135-48-78(121)106-66(35-53-18-8-6-9-19-53)84(127)104-51(3)79(122)111-71(40-75(93)118)91(134)116-33-17-27-74(116)89(132)110-69(87(130)108-65)39-59-43-97-49-103-59/h6-15,18-25,28-31,41-43,49-52,64-74,99-100,117H,16-17,26-27,32-40,44-48H2,1-5H3,(H2,93,118)(H2,94,119)(H,97,103)(H,101,125)(H,102,124)(H,104,127)(H,105,120)(H,106,121)(H,107,123)(H,108,130)(H,109,131)(H,110,132)(H,111,122)(H,112,129)(H,113,128)(H,114,126)(H4,95,96,98)/t51?,52?,64?,65?,66?,67?,68?,69?,70?,71?,72-,73-,74?/m0/s1. The average Bonchev–Trinajstić information content (AvgIpc) is 1.78. The number of nitrogens with zero attached hydrogens (tertiary/aromatic N) is 3. The van der Waals surface area contributed by atoms with Gasteiger partial charge in [0.05, 0.1) is 38.2 Å². The fourth-order valence-corrected chi connectivity index (χ4v) is 16.4. The molecule has 0 aliphatic carbocycles. The van der Waals surface area contributed by atoms with Gasteiger partial charge in [-0.2, -0.15) is 0 Å². The highest BCUT2D eigenvalue weighted by molar-refractivity contribution is 8.00. The molecule has 0 spiro atoms. The summed E-state index contributed by atoms with van der Waals surface area (Å²) in [4.78, 5) is 261. The van der Waals surface area contributed by atoms with Gasteiger partial charge in [-0.25, -0.2) is 4.98 Å². The molecule has 5 aromatic carbocycles. The molecule has 17 amide bonds.